The van der Waals surface area contributed by atoms with Crippen molar-refractivity contribution in [1.29, 1.82) is 0 Å². The molecule has 0 saturated heterocycles. The second kappa shape index (κ2) is 19.9. The Kier molecular flexibility index (Phi) is 14.7. The number of nitrogens with zero attached hydrogens (tertiary/aromatic N) is 2. The van der Waals surface area contributed by atoms with E-state index in [4.69, 9.17) is 42.1 Å². The van der Waals surface area contributed by atoms with Gasteiger partial charge in [-0.2, -0.15) is 9.97 Å². The number of carboxylic acid groups (broad SMARTS) is 2. The summed E-state index contributed by atoms with van der Waals surface area (Å²) in [6, 6.07) is 15.4. The zero-order valence-electron chi connectivity index (χ0n) is 33.4. The van der Waals surface area contributed by atoms with Gasteiger partial charge in [0, 0.05) is 36.3 Å². The monoisotopic (exact) mass is 834 g/mol. The lowest BCUT2D eigenvalue weighted by Crippen LogP contribution is -2.41. The number of methoxy groups -OCH3 is 2. The molecule has 2 aliphatic carbocycles. The zero-order chi connectivity index (χ0) is 41.3. The van der Waals surface area contributed by atoms with Crippen molar-refractivity contribution in [2.75, 3.05) is 14.2 Å². The number of hydrogen-bond acceptors (Lipinski definition) is 10. The van der Waals surface area contributed by atoms with E-state index in [1.54, 1.807) is 12.1 Å². The molecule has 0 amide bonds. The van der Waals surface area contributed by atoms with E-state index in [0.29, 0.717) is 47.7 Å². The maximum Gasteiger partial charge on any atom is 0.308 e. The first-order valence-electron chi connectivity index (χ1n) is 19.8. The summed E-state index contributed by atoms with van der Waals surface area (Å²) in [5.74, 6) is -1.19. The van der Waals surface area contributed by atoms with Crippen molar-refractivity contribution in [3.63, 3.8) is 0 Å². The van der Waals surface area contributed by atoms with Crippen LogP contribution in [0.4, 0.5) is 0 Å². The number of carbonyl (C=O) groups is 2. The fraction of sp³-hybridized carbons (Fsp3) is 0.455. The van der Waals surface area contributed by atoms with E-state index < -0.39 is 23.8 Å². The number of aromatic nitrogens is 2. The number of rotatable bonds is 17. The van der Waals surface area contributed by atoms with E-state index >= 15 is 0 Å². The van der Waals surface area contributed by atoms with Crippen molar-refractivity contribution in [1.82, 2.24) is 20.6 Å². The van der Waals surface area contributed by atoms with E-state index in [9.17, 15) is 19.8 Å². The molecule has 12 nitrogen and oxygen atoms in total. The molecule has 310 valence electrons. The number of hydrogen-bond donors (Lipinski definition) is 4. The molecule has 2 aliphatic rings. The Labute approximate surface area is 349 Å². The van der Waals surface area contributed by atoms with Crippen LogP contribution in [0.2, 0.25) is 10.0 Å². The number of aliphatic carboxylic acids is 2. The molecule has 0 aliphatic heterocycles. The molecule has 6 rings (SSSR count). The Hall–Kier alpha value is -4.62. The molecule has 2 aromatic heterocycles. The van der Waals surface area contributed by atoms with Crippen molar-refractivity contribution < 1.29 is 38.7 Å². The van der Waals surface area contributed by atoms with Crippen LogP contribution in [0, 0.1) is 25.7 Å². The van der Waals surface area contributed by atoms with Gasteiger partial charge >= 0.3 is 11.9 Å². The first-order chi connectivity index (χ1) is 28.0. The van der Waals surface area contributed by atoms with Crippen LogP contribution in [-0.2, 0) is 35.9 Å². The van der Waals surface area contributed by atoms with Crippen LogP contribution in [0.1, 0.15) is 84.7 Å². The molecule has 0 radical (unpaired) electrons. The number of halogens is 2. The van der Waals surface area contributed by atoms with Gasteiger partial charge in [0.15, 0.2) is 0 Å². The Balaban J connectivity index is 1.11. The molecule has 58 heavy (non-hydrogen) atoms. The summed E-state index contributed by atoms with van der Waals surface area (Å²) < 4.78 is 23.5. The number of pyridine rings is 2. The molecule has 4 unspecified atom stereocenters. The minimum atomic E-state index is -0.776. The predicted octanol–water partition coefficient (Wildman–Crippen LogP) is 8.71. The lowest BCUT2D eigenvalue weighted by Gasteiger charge is -2.29. The van der Waals surface area contributed by atoms with Crippen molar-refractivity contribution in [3.8, 4) is 34.6 Å². The lowest BCUT2D eigenvalue weighted by atomic mass is 9.84. The highest BCUT2D eigenvalue weighted by molar-refractivity contribution is 6.32. The topological polar surface area (TPSA) is 161 Å². The Bertz CT molecular complexity index is 1950. The lowest BCUT2D eigenvalue weighted by molar-refractivity contribution is -0.144. The molecule has 4 N–H and O–H groups in total. The molecule has 2 fully saturated rings. The van der Waals surface area contributed by atoms with Crippen molar-refractivity contribution in [2.45, 2.75) is 104 Å². The third-order valence-corrected chi connectivity index (χ3v) is 12.1. The van der Waals surface area contributed by atoms with Crippen molar-refractivity contribution >= 4 is 35.1 Å². The number of carboxylic acids is 2. The van der Waals surface area contributed by atoms with Gasteiger partial charge in [0.05, 0.1) is 26.1 Å². The van der Waals surface area contributed by atoms with Crippen LogP contribution < -0.4 is 29.6 Å². The quantitative estimate of drug-likeness (QED) is 0.0802. The summed E-state index contributed by atoms with van der Waals surface area (Å²) in [6.07, 6.45) is 6.74. The number of ether oxygens (including phenoxy) is 4. The van der Waals surface area contributed by atoms with Crippen LogP contribution in [0.25, 0.3) is 11.1 Å². The number of nitrogens with one attached hydrogen (secondary N) is 2. The van der Waals surface area contributed by atoms with Gasteiger partial charge in [-0.05, 0) is 85.0 Å². The summed E-state index contributed by atoms with van der Waals surface area (Å²) in [5, 5.41) is 26.8. The number of benzene rings is 2. The first-order valence-corrected chi connectivity index (χ1v) is 20.6. The molecule has 2 aromatic carbocycles. The predicted molar refractivity (Wildman–Crippen MR) is 222 cm³/mol. The summed E-state index contributed by atoms with van der Waals surface area (Å²) in [5.41, 5.74) is 7.51. The van der Waals surface area contributed by atoms with Crippen LogP contribution >= 0.6 is 23.2 Å². The van der Waals surface area contributed by atoms with Crippen LogP contribution in [0.15, 0.2) is 48.5 Å². The van der Waals surface area contributed by atoms with E-state index in [2.05, 4.69) is 46.6 Å². The summed E-state index contributed by atoms with van der Waals surface area (Å²) in [7, 11) is 3.07. The SMILES string of the molecule is COc1nc(OCc2cccc(-c3cccc(COc4nc(OC)c(CNC5CCCCC5C(=O)O)cc4Cl)c3C)c2C)c(Cl)cc1CNC1CCCCC1C(=O)O. The fourth-order valence-electron chi connectivity index (χ4n) is 8.18. The summed E-state index contributed by atoms with van der Waals surface area (Å²) in [6.45, 7) is 5.29. The Morgan fingerprint density at radius 2 is 1.03 bits per heavy atom. The maximum absolute atomic E-state index is 11.8. The Morgan fingerprint density at radius 3 is 1.41 bits per heavy atom. The minimum Gasteiger partial charge on any atom is -0.481 e. The van der Waals surface area contributed by atoms with E-state index in [-0.39, 0.29) is 37.1 Å². The van der Waals surface area contributed by atoms with Crippen molar-refractivity contribution in [2.24, 2.45) is 11.8 Å². The molecular weight excluding hydrogens is 783 g/mol. The standard InChI is InChI=1S/C44H52Cl2N4O8/c1-25-27(23-57-41-35(45)19-29(39(49-41)55-3)21-47-37-17-7-5-13-33(37)43(51)52)11-9-15-31(25)32-16-10-12-28(26(32)2)24-58-42-36(46)20-30(40(50-42)56-4)22-48-38-18-8-6-14-34(38)44(53)54/h9-12,15-16,19-20,33-34,37-38,47-48H,5-8,13-14,17-18,21-24H2,1-4H3,(H,51,52)(H,53,54). The van der Waals surface area contributed by atoms with Gasteiger partial charge in [0.2, 0.25) is 23.5 Å². The van der Waals surface area contributed by atoms with E-state index in [1.165, 1.54) is 14.2 Å². The van der Waals surface area contributed by atoms with Crippen LogP contribution in [0.3, 0.4) is 0 Å². The second-order valence-electron chi connectivity index (χ2n) is 15.1. The van der Waals surface area contributed by atoms with E-state index in [0.717, 1.165) is 83.0 Å². The summed E-state index contributed by atoms with van der Waals surface area (Å²) in [4.78, 5) is 32.7. The van der Waals surface area contributed by atoms with Gasteiger partial charge in [-0.15, -0.1) is 0 Å². The fourth-order valence-corrected chi connectivity index (χ4v) is 8.63. The average molecular weight is 836 g/mol. The molecule has 14 heteroatoms. The van der Waals surface area contributed by atoms with Gasteiger partial charge in [-0.1, -0.05) is 85.3 Å². The van der Waals surface area contributed by atoms with Gasteiger partial charge in [0.25, 0.3) is 0 Å². The van der Waals surface area contributed by atoms with Gasteiger partial charge < -0.3 is 39.8 Å². The third-order valence-electron chi connectivity index (χ3n) is 11.5. The third kappa shape index (κ3) is 10.1. The maximum atomic E-state index is 11.8. The normalized spacial score (nSPS) is 19.3. The second-order valence-corrected chi connectivity index (χ2v) is 15.9. The van der Waals surface area contributed by atoms with Crippen LogP contribution in [0.5, 0.6) is 23.5 Å². The zero-order valence-corrected chi connectivity index (χ0v) is 34.9. The first kappa shape index (κ1) is 43.0. The highest BCUT2D eigenvalue weighted by atomic mass is 35.5. The minimum absolute atomic E-state index is 0.132. The Morgan fingerprint density at radius 1 is 0.638 bits per heavy atom. The van der Waals surface area contributed by atoms with Gasteiger partial charge in [-0.3, -0.25) is 9.59 Å². The summed E-state index contributed by atoms with van der Waals surface area (Å²) >= 11 is 13.4. The molecular formula is C44H52Cl2N4O8. The average Bonchev–Trinajstić information content (AvgIpc) is 3.22. The van der Waals surface area contributed by atoms with Gasteiger partial charge in [-0.25, -0.2) is 0 Å². The molecule has 4 aromatic rings. The highest BCUT2D eigenvalue weighted by Gasteiger charge is 2.32. The van der Waals surface area contributed by atoms with Gasteiger partial charge in [0.1, 0.15) is 23.3 Å². The molecule has 0 spiro atoms. The smallest absolute Gasteiger partial charge is 0.308 e. The molecule has 0 bridgehead atoms. The molecule has 4 atom stereocenters. The van der Waals surface area contributed by atoms with E-state index in [1.807, 2.05) is 24.3 Å². The molecule has 2 saturated carbocycles. The largest absolute Gasteiger partial charge is 0.481 e. The van der Waals surface area contributed by atoms with Crippen molar-refractivity contribution in [3.05, 3.63) is 92.0 Å². The highest BCUT2D eigenvalue weighted by Crippen LogP contribution is 2.35. The molecule has 2 heterocycles. The van der Waals surface area contributed by atoms with Crippen LogP contribution in [-0.4, -0.2) is 58.4 Å².